The predicted octanol–water partition coefficient (Wildman–Crippen LogP) is 3.59. The van der Waals surface area contributed by atoms with Crippen molar-refractivity contribution in [2.75, 3.05) is 20.3 Å². The van der Waals surface area contributed by atoms with Crippen molar-refractivity contribution in [2.45, 2.75) is 31.9 Å². The Morgan fingerprint density at radius 1 is 1.24 bits per heavy atom. The van der Waals surface area contributed by atoms with Crippen molar-refractivity contribution in [3.8, 4) is 11.5 Å². The van der Waals surface area contributed by atoms with Crippen molar-refractivity contribution in [3.63, 3.8) is 0 Å². The number of methoxy groups -OCH3 is 1. The molecule has 0 aliphatic carbocycles. The maximum Gasteiger partial charge on any atom is 0.224 e. The number of benzene rings is 2. The van der Waals surface area contributed by atoms with E-state index in [4.69, 9.17) is 14.2 Å². The average Bonchev–Trinajstić information content (AvgIpc) is 3.41. The Morgan fingerprint density at radius 3 is 2.97 bits per heavy atom. The molecule has 6 heteroatoms. The number of ether oxygens (including phenoxy) is 3. The first-order valence-electron chi connectivity index (χ1n) is 9.96. The molecule has 0 spiro atoms. The highest BCUT2D eigenvalue weighted by Crippen LogP contribution is 2.29. The maximum absolute atomic E-state index is 12.4. The smallest absolute Gasteiger partial charge is 0.224 e. The first-order chi connectivity index (χ1) is 14.2. The van der Waals surface area contributed by atoms with E-state index in [2.05, 4.69) is 10.3 Å². The quantitative estimate of drug-likeness (QED) is 0.612. The van der Waals surface area contributed by atoms with Gasteiger partial charge in [0.25, 0.3) is 0 Å². The SMILES string of the molecule is COc1cc(CNC(=O)Cc2c[nH]c3ccccc23)ccc1OCC1CCCO1. The van der Waals surface area contributed by atoms with Crippen LogP contribution in [0.2, 0.25) is 0 Å². The van der Waals surface area contributed by atoms with Crippen LogP contribution in [0.4, 0.5) is 0 Å². The van der Waals surface area contributed by atoms with E-state index in [0.29, 0.717) is 31.1 Å². The van der Waals surface area contributed by atoms with Gasteiger partial charge in [0.1, 0.15) is 6.61 Å². The number of para-hydroxylation sites is 1. The lowest BCUT2D eigenvalue weighted by atomic mass is 10.1. The summed E-state index contributed by atoms with van der Waals surface area (Å²) in [6.07, 6.45) is 4.51. The van der Waals surface area contributed by atoms with E-state index in [-0.39, 0.29) is 12.0 Å². The monoisotopic (exact) mass is 394 g/mol. The molecule has 1 atom stereocenters. The van der Waals surface area contributed by atoms with Crippen molar-refractivity contribution in [2.24, 2.45) is 0 Å². The summed E-state index contributed by atoms with van der Waals surface area (Å²) in [5.41, 5.74) is 2.99. The van der Waals surface area contributed by atoms with Gasteiger partial charge in [0.15, 0.2) is 11.5 Å². The van der Waals surface area contributed by atoms with Gasteiger partial charge in [-0.1, -0.05) is 24.3 Å². The molecule has 2 N–H and O–H groups in total. The zero-order valence-corrected chi connectivity index (χ0v) is 16.6. The van der Waals surface area contributed by atoms with Crippen LogP contribution in [0.1, 0.15) is 24.0 Å². The molecule has 4 rings (SSSR count). The number of hydrogen-bond donors (Lipinski definition) is 2. The highest BCUT2D eigenvalue weighted by Gasteiger charge is 2.17. The molecular weight excluding hydrogens is 368 g/mol. The first-order valence-corrected chi connectivity index (χ1v) is 9.96. The van der Waals surface area contributed by atoms with E-state index >= 15 is 0 Å². The van der Waals surface area contributed by atoms with Gasteiger partial charge in [-0.3, -0.25) is 4.79 Å². The van der Waals surface area contributed by atoms with Gasteiger partial charge in [-0.25, -0.2) is 0 Å². The van der Waals surface area contributed by atoms with Crippen molar-refractivity contribution >= 4 is 16.8 Å². The molecule has 2 heterocycles. The van der Waals surface area contributed by atoms with E-state index in [9.17, 15) is 4.79 Å². The Kier molecular flexibility index (Phi) is 6.00. The largest absolute Gasteiger partial charge is 0.493 e. The number of rotatable bonds is 8. The number of carbonyl (C=O) groups excluding carboxylic acids is 1. The molecule has 1 fully saturated rings. The number of aromatic amines is 1. The molecular formula is C23H26N2O4. The predicted molar refractivity (Wildman–Crippen MR) is 111 cm³/mol. The third-order valence-electron chi connectivity index (χ3n) is 5.19. The van der Waals surface area contributed by atoms with Gasteiger partial charge in [0.2, 0.25) is 5.91 Å². The third-order valence-corrected chi connectivity index (χ3v) is 5.19. The molecule has 1 amide bonds. The minimum absolute atomic E-state index is 0.0209. The highest BCUT2D eigenvalue weighted by molar-refractivity contribution is 5.88. The number of amides is 1. The van der Waals surface area contributed by atoms with E-state index in [0.717, 1.165) is 41.5 Å². The zero-order chi connectivity index (χ0) is 20.1. The van der Waals surface area contributed by atoms with Gasteiger partial charge in [0.05, 0.1) is 19.6 Å². The van der Waals surface area contributed by atoms with Crippen molar-refractivity contribution < 1.29 is 19.0 Å². The molecule has 152 valence electrons. The number of hydrogen-bond acceptors (Lipinski definition) is 4. The minimum Gasteiger partial charge on any atom is -0.493 e. The van der Waals surface area contributed by atoms with Crippen LogP contribution in [-0.2, 0) is 22.5 Å². The van der Waals surface area contributed by atoms with Crippen LogP contribution in [0.15, 0.2) is 48.7 Å². The fourth-order valence-electron chi connectivity index (χ4n) is 3.61. The van der Waals surface area contributed by atoms with Gasteiger partial charge >= 0.3 is 0 Å². The second-order valence-corrected chi connectivity index (χ2v) is 7.24. The van der Waals surface area contributed by atoms with E-state index in [1.54, 1.807) is 7.11 Å². The van der Waals surface area contributed by atoms with Gasteiger partial charge in [-0.2, -0.15) is 0 Å². The number of carbonyl (C=O) groups is 1. The fraction of sp³-hybridized carbons (Fsp3) is 0.348. The average molecular weight is 394 g/mol. The second-order valence-electron chi connectivity index (χ2n) is 7.24. The van der Waals surface area contributed by atoms with Gasteiger partial charge in [-0.15, -0.1) is 0 Å². The van der Waals surface area contributed by atoms with Crippen LogP contribution >= 0.6 is 0 Å². The molecule has 29 heavy (non-hydrogen) atoms. The molecule has 3 aromatic rings. The number of nitrogens with one attached hydrogen (secondary N) is 2. The van der Waals surface area contributed by atoms with E-state index in [1.807, 2.05) is 48.7 Å². The van der Waals surface area contributed by atoms with Crippen LogP contribution < -0.4 is 14.8 Å². The molecule has 6 nitrogen and oxygen atoms in total. The van der Waals surface area contributed by atoms with Gasteiger partial charge in [-0.05, 0) is 42.2 Å². The Morgan fingerprint density at radius 2 is 2.14 bits per heavy atom. The molecule has 1 saturated heterocycles. The Hall–Kier alpha value is -2.99. The number of aromatic nitrogens is 1. The van der Waals surface area contributed by atoms with Gasteiger partial charge < -0.3 is 24.5 Å². The zero-order valence-electron chi connectivity index (χ0n) is 16.6. The molecule has 0 bridgehead atoms. The highest BCUT2D eigenvalue weighted by atomic mass is 16.5. The van der Waals surface area contributed by atoms with Crippen LogP contribution in [0.3, 0.4) is 0 Å². The summed E-state index contributed by atoms with van der Waals surface area (Å²) in [5.74, 6) is 1.33. The number of H-pyrrole nitrogens is 1. The van der Waals surface area contributed by atoms with E-state index in [1.165, 1.54) is 0 Å². The lowest BCUT2D eigenvalue weighted by Gasteiger charge is -2.15. The second kappa shape index (κ2) is 9.01. The molecule has 2 aromatic carbocycles. The van der Waals surface area contributed by atoms with Crippen LogP contribution in [0.25, 0.3) is 10.9 Å². The Bertz CT molecular complexity index is 976. The number of fused-ring (bicyclic) bond motifs is 1. The summed E-state index contributed by atoms with van der Waals surface area (Å²) in [6.45, 7) is 1.77. The van der Waals surface area contributed by atoms with Crippen molar-refractivity contribution in [1.29, 1.82) is 0 Å². The maximum atomic E-state index is 12.4. The molecule has 1 aromatic heterocycles. The van der Waals surface area contributed by atoms with E-state index < -0.39 is 0 Å². The molecule has 1 aliphatic heterocycles. The van der Waals surface area contributed by atoms with Crippen molar-refractivity contribution in [3.05, 3.63) is 59.8 Å². The molecule has 1 aliphatic rings. The van der Waals surface area contributed by atoms with Crippen LogP contribution in [0, 0.1) is 0 Å². The lowest BCUT2D eigenvalue weighted by molar-refractivity contribution is -0.120. The van der Waals surface area contributed by atoms with Crippen LogP contribution in [-0.4, -0.2) is 37.3 Å². The summed E-state index contributed by atoms with van der Waals surface area (Å²) < 4.78 is 16.9. The molecule has 1 unspecified atom stereocenters. The topological polar surface area (TPSA) is 72.6 Å². The van der Waals surface area contributed by atoms with Crippen molar-refractivity contribution in [1.82, 2.24) is 10.3 Å². The summed E-state index contributed by atoms with van der Waals surface area (Å²) >= 11 is 0. The Labute approximate surface area is 170 Å². The fourth-order valence-corrected chi connectivity index (χ4v) is 3.61. The lowest BCUT2D eigenvalue weighted by Crippen LogP contribution is -2.24. The molecule has 0 radical (unpaired) electrons. The minimum atomic E-state index is -0.0209. The molecule has 0 saturated carbocycles. The summed E-state index contributed by atoms with van der Waals surface area (Å²) in [7, 11) is 1.62. The Balaban J connectivity index is 1.33. The summed E-state index contributed by atoms with van der Waals surface area (Å²) in [4.78, 5) is 15.6. The normalized spacial score (nSPS) is 16.1. The summed E-state index contributed by atoms with van der Waals surface area (Å²) in [5, 5.41) is 4.06. The first kappa shape index (κ1) is 19.3. The standard InChI is InChI=1S/C23H26N2O4/c1-27-22-11-16(8-9-21(22)29-15-18-5-4-10-28-18)13-25-23(26)12-17-14-24-20-7-3-2-6-19(17)20/h2-3,6-9,11,14,18,24H,4-5,10,12-13,15H2,1H3,(H,25,26). The van der Waals surface area contributed by atoms with Crippen LogP contribution in [0.5, 0.6) is 11.5 Å². The summed E-state index contributed by atoms with van der Waals surface area (Å²) in [6, 6.07) is 13.7. The van der Waals surface area contributed by atoms with Gasteiger partial charge in [0, 0.05) is 30.3 Å². The third kappa shape index (κ3) is 4.71.